The Morgan fingerprint density at radius 3 is 2.70 bits per heavy atom. The number of aromatic nitrogens is 2. The van der Waals surface area contributed by atoms with Crippen LogP contribution in [-0.4, -0.2) is 49.2 Å². The number of alkyl halides is 3. The maximum atomic E-state index is 12.1. The topological polar surface area (TPSA) is 62.7 Å². The fourth-order valence-corrected chi connectivity index (χ4v) is 1.54. The SMILES string of the molecule is COc1cc(O[C@@H]2CCOC2)nc(OCC(F)(F)F)n1. The van der Waals surface area contributed by atoms with Crippen LogP contribution in [0.3, 0.4) is 0 Å². The maximum Gasteiger partial charge on any atom is 0.422 e. The van der Waals surface area contributed by atoms with Gasteiger partial charge in [-0.2, -0.15) is 23.1 Å². The fraction of sp³-hybridized carbons (Fsp3) is 0.636. The van der Waals surface area contributed by atoms with Gasteiger partial charge in [-0.05, 0) is 0 Å². The van der Waals surface area contributed by atoms with Crippen molar-refractivity contribution in [1.82, 2.24) is 9.97 Å². The van der Waals surface area contributed by atoms with Crippen LogP contribution in [0.5, 0.6) is 17.8 Å². The lowest BCUT2D eigenvalue weighted by Gasteiger charge is -2.13. The zero-order valence-electron chi connectivity index (χ0n) is 10.6. The molecule has 0 N–H and O–H groups in total. The molecule has 0 aliphatic carbocycles. The highest BCUT2D eigenvalue weighted by atomic mass is 19.4. The zero-order valence-corrected chi connectivity index (χ0v) is 10.6. The van der Waals surface area contributed by atoms with Gasteiger partial charge < -0.3 is 18.9 Å². The van der Waals surface area contributed by atoms with Crippen molar-refractivity contribution in [3.8, 4) is 17.8 Å². The van der Waals surface area contributed by atoms with Crippen LogP contribution in [0.25, 0.3) is 0 Å². The second kappa shape index (κ2) is 6.12. The van der Waals surface area contributed by atoms with Gasteiger partial charge in [0, 0.05) is 6.42 Å². The van der Waals surface area contributed by atoms with Crippen LogP contribution >= 0.6 is 0 Å². The van der Waals surface area contributed by atoms with E-state index in [4.69, 9.17) is 14.2 Å². The third-order valence-electron chi connectivity index (χ3n) is 2.41. The second-order valence-electron chi connectivity index (χ2n) is 4.04. The molecule has 2 rings (SSSR count). The highest BCUT2D eigenvalue weighted by Crippen LogP contribution is 2.23. The summed E-state index contributed by atoms with van der Waals surface area (Å²) in [5, 5.41) is 0. The number of nitrogens with zero attached hydrogens (tertiary/aromatic N) is 2. The molecule has 1 aliphatic rings. The summed E-state index contributed by atoms with van der Waals surface area (Å²) in [7, 11) is 1.33. The summed E-state index contributed by atoms with van der Waals surface area (Å²) in [5.41, 5.74) is 0. The molecule has 1 saturated heterocycles. The lowest BCUT2D eigenvalue weighted by molar-refractivity contribution is -0.154. The predicted molar refractivity (Wildman–Crippen MR) is 60.0 cm³/mol. The van der Waals surface area contributed by atoms with Crippen LogP contribution in [0.1, 0.15) is 6.42 Å². The first kappa shape index (κ1) is 14.6. The van der Waals surface area contributed by atoms with Crippen molar-refractivity contribution in [2.24, 2.45) is 0 Å². The lowest BCUT2D eigenvalue weighted by atomic mass is 10.3. The van der Waals surface area contributed by atoms with Gasteiger partial charge in [0.15, 0.2) is 6.61 Å². The Labute approximate surface area is 112 Å². The number of halogens is 3. The largest absolute Gasteiger partial charge is 0.481 e. The molecule has 0 saturated carbocycles. The van der Waals surface area contributed by atoms with E-state index in [0.29, 0.717) is 19.6 Å². The van der Waals surface area contributed by atoms with Gasteiger partial charge in [-0.25, -0.2) is 0 Å². The average molecular weight is 294 g/mol. The van der Waals surface area contributed by atoms with Crippen LogP contribution in [-0.2, 0) is 4.74 Å². The van der Waals surface area contributed by atoms with Gasteiger partial charge in [0.1, 0.15) is 6.10 Å². The molecule has 0 spiro atoms. The molecule has 112 valence electrons. The first-order chi connectivity index (χ1) is 9.46. The Morgan fingerprint density at radius 1 is 1.35 bits per heavy atom. The molecule has 2 heterocycles. The van der Waals surface area contributed by atoms with E-state index in [1.165, 1.54) is 13.2 Å². The molecule has 0 bridgehead atoms. The Morgan fingerprint density at radius 2 is 2.10 bits per heavy atom. The quantitative estimate of drug-likeness (QED) is 0.822. The van der Waals surface area contributed by atoms with E-state index < -0.39 is 18.8 Å². The molecule has 0 radical (unpaired) electrons. The van der Waals surface area contributed by atoms with Crippen molar-refractivity contribution in [2.75, 3.05) is 26.9 Å². The van der Waals surface area contributed by atoms with Crippen LogP contribution < -0.4 is 14.2 Å². The Kier molecular flexibility index (Phi) is 4.48. The van der Waals surface area contributed by atoms with Gasteiger partial charge in [-0.1, -0.05) is 0 Å². The van der Waals surface area contributed by atoms with Crippen molar-refractivity contribution in [1.29, 1.82) is 0 Å². The molecular weight excluding hydrogens is 281 g/mol. The molecule has 1 atom stereocenters. The summed E-state index contributed by atoms with van der Waals surface area (Å²) in [6.07, 6.45) is -3.97. The van der Waals surface area contributed by atoms with E-state index in [0.717, 1.165) is 0 Å². The van der Waals surface area contributed by atoms with E-state index in [2.05, 4.69) is 14.7 Å². The van der Waals surface area contributed by atoms with Crippen molar-refractivity contribution >= 4 is 0 Å². The minimum absolute atomic E-state index is 0.0612. The van der Waals surface area contributed by atoms with Gasteiger partial charge in [-0.3, -0.25) is 0 Å². The van der Waals surface area contributed by atoms with Crippen molar-refractivity contribution in [3.05, 3.63) is 6.07 Å². The number of hydrogen-bond donors (Lipinski definition) is 0. The molecular formula is C11H13F3N2O4. The molecule has 0 amide bonds. The summed E-state index contributed by atoms with van der Waals surface area (Å²) in [6, 6.07) is 0.925. The van der Waals surface area contributed by atoms with Crippen molar-refractivity contribution in [3.63, 3.8) is 0 Å². The normalized spacial score (nSPS) is 18.9. The number of ether oxygens (including phenoxy) is 4. The van der Waals surface area contributed by atoms with Crippen LogP contribution in [0.15, 0.2) is 6.07 Å². The molecule has 0 unspecified atom stereocenters. The summed E-state index contributed by atoms with van der Waals surface area (Å²) >= 11 is 0. The third-order valence-corrected chi connectivity index (χ3v) is 2.41. The molecule has 6 nitrogen and oxygen atoms in total. The lowest BCUT2D eigenvalue weighted by Crippen LogP contribution is -2.21. The van der Waals surface area contributed by atoms with E-state index in [9.17, 15) is 13.2 Å². The minimum Gasteiger partial charge on any atom is -0.481 e. The van der Waals surface area contributed by atoms with Crippen LogP contribution in [0.4, 0.5) is 13.2 Å². The molecule has 1 aromatic rings. The van der Waals surface area contributed by atoms with Gasteiger partial charge in [0.2, 0.25) is 11.8 Å². The first-order valence-corrected chi connectivity index (χ1v) is 5.83. The molecule has 0 aromatic carbocycles. The zero-order chi connectivity index (χ0) is 14.6. The second-order valence-corrected chi connectivity index (χ2v) is 4.04. The summed E-state index contributed by atoms with van der Waals surface area (Å²) in [6.45, 7) is -0.498. The van der Waals surface area contributed by atoms with Gasteiger partial charge in [-0.15, -0.1) is 0 Å². The smallest absolute Gasteiger partial charge is 0.422 e. The molecule has 9 heteroatoms. The number of rotatable bonds is 5. The molecule has 1 fully saturated rings. The standard InChI is InChI=1S/C11H13F3N2O4/c1-17-8-4-9(20-7-2-3-18-5-7)16-10(15-8)19-6-11(12,13)14/h4,7H,2-3,5-6H2,1H3/t7-/m1/s1. The van der Waals surface area contributed by atoms with E-state index in [1.807, 2.05) is 0 Å². The number of methoxy groups -OCH3 is 1. The molecule has 20 heavy (non-hydrogen) atoms. The minimum atomic E-state index is -4.47. The Hall–Kier alpha value is -1.77. The van der Waals surface area contributed by atoms with Crippen LogP contribution in [0.2, 0.25) is 0 Å². The van der Waals surface area contributed by atoms with Crippen molar-refractivity contribution in [2.45, 2.75) is 18.7 Å². The highest BCUT2D eigenvalue weighted by molar-refractivity contribution is 5.23. The maximum absolute atomic E-state index is 12.1. The fourth-order valence-electron chi connectivity index (χ4n) is 1.54. The monoisotopic (exact) mass is 294 g/mol. The summed E-state index contributed by atoms with van der Waals surface area (Å²) < 4.78 is 56.2. The third kappa shape index (κ3) is 4.41. The van der Waals surface area contributed by atoms with E-state index >= 15 is 0 Å². The highest BCUT2D eigenvalue weighted by Gasteiger charge is 2.29. The Balaban J connectivity index is 2.06. The van der Waals surface area contributed by atoms with Gasteiger partial charge in [0.05, 0.1) is 26.4 Å². The van der Waals surface area contributed by atoms with Crippen molar-refractivity contribution < 1.29 is 32.1 Å². The first-order valence-electron chi connectivity index (χ1n) is 5.83. The van der Waals surface area contributed by atoms with Crippen LogP contribution in [0, 0.1) is 0 Å². The van der Waals surface area contributed by atoms with E-state index in [1.54, 1.807) is 0 Å². The number of hydrogen-bond acceptors (Lipinski definition) is 6. The van der Waals surface area contributed by atoms with Gasteiger partial charge in [0.25, 0.3) is 0 Å². The summed E-state index contributed by atoms with van der Waals surface area (Å²) in [4.78, 5) is 7.42. The Bertz CT molecular complexity index is 450. The molecule has 1 aromatic heterocycles. The molecule has 1 aliphatic heterocycles. The predicted octanol–water partition coefficient (Wildman–Crippen LogP) is 1.59. The average Bonchev–Trinajstić information content (AvgIpc) is 2.88. The van der Waals surface area contributed by atoms with E-state index in [-0.39, 0.29) is 17.9 Å². The summed E-state index contributed by atoms with van der Waals surface area (Å²) in [5.74, 6) is 0.149. The van der Waals surface area contributed by atoms with Gasteiger partial charge >= 0.3 is 12.2 Å².